The Morgan fingerprint density at radius 1 is 1.18 bits per heavy atom. The van der Waals surface area contributed by atoms with E-state index in [-0.39, 0.29) is 11.9 Å². The minimum absolute atomic E-state index is 0.0721. The summed E-state index contributed by atoms with van der Waals surface area (Å²) in [6.45, 7) is 6.54. The molecule has 4 heterocycles. The number of hydrogen-bond donors (Lipinski definition) is 1. The zero-order chi connectivity index (χ0) is 23.7. The van der Waals surface area contributed by atoms with Crippen molar-refractivity contribution in [3.8, 4) is 17.3 Å². The number of aromatic nitrogens is 2. The molecule has 8 heteroatoms. The zero-order valence-corrected chi connectivity index (χ0v) is 20.4. The molecule has 0 radical (unpaired) electrons. The fourth-order valence-electron chi connectivity index (χ4n) is 4.68. The highest BCUT2D eigenvalue weighted by molar-refractivity contribution is 7.20. The molecule has 0 bridgehead atoms. The van der Waals surface area contributed by atoms with Crippen molar-refractivity contribution in [2.24, 2.45) is 0 Å². The molecule has 4 aromatic rings. The molecular weight excluding hydrogens is 448 g/mol. The van der Waals surface area contributed by atoms with Gasteiger partial charge in [-0.1, -0.05) is 12.1 Å². The number of benzene rings is 1. The Balaban J connectivity index is 1.39. The average Bonchev–Trinajstić information content (AvgIpc) is 3.61. The topological polar surface area (TPSA) is 80.5 Å². The van der Waals surface area contributed by atoms with Crippen molar-refractivity contribution in [1.29, 1.82) is 0 Å². The minimum atomic E-state index is -0.0721. The van der Waals surface area contributed by atoms with Crippen LogP contribution >= 0.6 is 11.3 Å². The van der Waals surface area contributed by atoms with Crippen LogP contribution in [-0.4, -0.2) is 47.5 Å². The highest BCUT2D eigenvalue weighted by atomic mass is 32.1. The van der Waals surface area contributed by atoms with E-state index in [2.05, 4.69) is 32.3 Å². The summed E-state index contributed by atoms with van der Waals surface area (Å²) >= 11 is 1.41. The second-order valence-electron chi connectivity index (χ2n) is 8.59. The van der Waals surface area contributed by atoms with Gasteiger partial charge in [0.2, 0.25) is 0 Å². The van der Waals surface area contributed by atoms with Gasteiger partial charge >= 0.3 is 0 Å². The Morgan fingerprint density at radius 2 is 1.94 bits per heavy atom. The molecule has 1 N–H and O–H groups in total. The lowest BCUT2D eigenvalue weighted by atomic mass is 10.0. The lowest BCUT2D eigenvalue weighted by molar-refractivity contribution is 0.0941. The van der Waals surface area contributed by atoms with Crippen molar-refractivity contribution in [1.82, 2.24) is 20.2 Å². The van der Waals surface area contributed by atoms with E-state index < -0.39 is 0 Å². The smallest absolute Gasteiger partial charge is 0.261 e. The van der Waals surface area contributed by atoms with Gasteiger partial charge in [-0.15, -0.1) is 11.3 Å². The molecule has 34 heavy (non-hydrogen) atoms. The van der Waals surface area contributed by atoms with Crippen LogP contribution in [0.3, 0.4) is 0 Å². The lowest BCUT2D eigenvalue weighted by Crippen LogP contribution is -2.36. The highest BCUT2D eigenvalue weighted by Crippen LogP contribution is 2.33. The quantitative estimate of drug-likeness (QED) is 0.398. The van der Waals surface area contributed by atoms with Crippen LogP contribution in [0.25, 0.3) is 21.8 Å². The number of aryl methyl sites for hydroxylation is 2. The molecule has 0 saturated carbocycles. The summed E-state index contributed by atoms with van der Waals surface area (Å²) in [7, 11) is 1.67. The first kappa shape index (κ1) is 22.6. The molecule has 0 aliphatic carbocycles. The largest absolute Gasteiger partial charge is 0.497 e. The lowest BCUT2D eigenvalue weighted by Gasteiger charge is -2.28. The SMILES string of the molecule is COc1ccc([C@H](CNC(=O)c2sc3nc(-c4ccco4)nc(C)c3c2C)N2CCCC2)cc1. The number of ether oxygens (including phenoxy) is 1. The van der Waals surface area contributed by atoms with Gasteiger partial charge in [-0.05, 0) is 75.2 Å². The van der Waals surface area contributed by atoms with Crippen molar-refractivity contribution < 1.29 is 13.9 Å². The Bertz CT molecular complexity index is 1290. The molecule has 5 rings (SSSR count). The molecule has 176 valence electrons. The number of furan rings is 1. The van der Waals surface area contributed by atoms with Crippen LogP contribution < -0.4 is 10.1 Å². The number of amides is 1. The third-order valence-electron chi connectivity index (χ3n) is 6.46. The highest BCUT2D eigenvalue weighted by Gasteiger charge is 2.26. The summed E-state index contributed by atoms with van der Waals surface area (Å²) in [6, 6.07) is 11.9. The Labute approximate surface area is 202 Å². The first-order valence-electron chi connectivity index (χ1n) is 11.5. The van der Waals surface area contributed by atoms with Crippen molar-refractivity contribution in [3.63, 3.8) is 0 Å². The first-order valence-corrected chi connectivity index (χ1v) is 12.3. The molecule has 1 aromatic carbocycles. The second-order valence-corrected chi connectivity index (χ2v) is 9.59. The van der Waals surface area contributed by atoms with E-state index in [9.17, 15) is 4.79 Å². The summed E-state index contributed by atoms with van der Waals surface area (Å²) in [5.74, 6) is 1.92. The number of nitrogens with zero attached hydrogens (tertiary/aromatic N) is 3. The predicted molar refractivity (Wildman–Crippen MR) is 133 cm³/mol. The van der Waals surface area contributed by atoms with E-state index >= 15 is 0 Å². The molecule has 3 aromatic heterocycles. The summed E-state index contributed by atoms with van der Waals surface area (Å²) in [5.41, 5.74) is 2.95. The number of fused-ring (bicyclic) bond motifs is 1. The van der Waals surface area contributed by atoms with Crippen molar-refractivity contribution >= 4 is 27.5 Å². The Kier molecular flexibility index (Phi) is 6.34. The van der Waals surface area contributed by atoms with E-state index in [1.165, 1.54) is 29.7 Å². The van der Waals surface area contributed by atoms with Gasteiger partial charge < -0.3 is 14.5 Å². The third kappa shape index (κ3) is 4.31. The fourth-order valence-corrected chi connectivity index (χ4v) is 5.83. The Morgan fingerprint density at radius 3 is 2.62 bits per heavy atom. The monoisotopic (exact) mass is 476 g/mol. The van der Waals surface area contributed by atoms with E-state index in [4.69, 9.17) is 9.15 Å². The van der Waals surface area contributed by atoms with Crippen LogP contribution in [0.15, 0.2) is 47.1 Å². The van der Waals surface area contributed by atoms with Gasteiger partial charge in [0.1, 0.15) is 10.6 Å². The van der Waals surface area contributed by atoms with E-state index in [0.717, 1.165) is 40.3 Å². The maximum atomic E-state index is 13.3. The number of carbonyl (C=O) groups is 1. The molecule has 1 amide bonds. The number of likely N-dealkylation sites (tertiary alicyclic amines) is 1. The van der Waals surface area contributed by atoms with Crippen molar-refractivity contribution in [2.45, 2.75) is 32.7 Å². The molecule has 1 aliphatic rings. The first-order chi connectivity index (χ1) is 16.5. The second kappa shape index (κ2) is 9.56. The van der Waals surface area contributed by atoms with E-state index in [0.29, 0.717) is 23.0 Å². The minimum Gasteiger partial charge on any atom is -0.497 e. The fraction of sp³-hybridized carbons (Fsp3) is 0.346. The van der Waals surface area contributed by atoms with Gasteiger partial charge in [-0.2, -0.15) is 0 Å². The average molecular weight is 477 g/mol. The van der Waals surface area contributed by atoms with Gasteiger partial charge in [-0.3, -0.25) is 9.69 Å². The van der Waals surface area contributed by atoms with Crippen LogP contribution in [-0.2, 0) is 0 Å². The number of carbonyl (C=O) groups excluding carboxylic acids is 1. The zero-order valence-electron chi connectivity index (χ0n) is 19.6. The third-order valence-corrected chi connectivity index (χ3v) is 7.64. The number of nitrogens with one attached hydrogen (secondary N) is 1. The van der Waals surface area contributed by atoms with Gasteiger partial charge in [-0.25, -0.2) is 9.97 Å². The molecule has 1 saturated heterocycles. The van der Waals surface area contributed by atoms with Gasteiger partial charge in [0.15, 0.2) is 11.6 Å². The number of hydrogen-bond acceptors (Lipinski definition) is 7. The molecule has 1 atom stereocenters. The molecule has 1 aliphatic heterocycles. The van der Waals surface area contributed by atoms with Crippen LogP contribution in [0.2, 0.25) is 0 Å². The normalized spacial score (nSPS) is 15.0. The summed E-state index contributed by atoms with van der Waals surface area (Å²) in [4.78, 5) is 26.5. The maximum absolute atomic E-state index is 13.3. The van der Waals surface area contributed by atoms with Crippen LogP contribution in [0.4, 0.5) is 0 Å². The van der Waals surface area contributed by atoms with Crippen molar-refractivity contribution in [3.05, 3.63) is 64.4 Å². The molecule has 1 fully saturated rings. The number of methoxy groups -OCH3 is 1. The van der Waals surface area contributed by atoms with Crippen LogP contribution in [0.5, 0.6) is 5.75 Å². The molecule has 0 spiro atoms. The standard InChI is InChI=1S/C26H28N4O3S/c1-16-22-17(2)28-24(21-7-6-14-33-21)29-26(22)34-23(16)25(31)27-15-20(30-12-4-5-13-30)18-8-10-19(32-3)11-9-18/h6-11,14,20H,4-5,12-13,15H2,1-3H3,(H,27,31)/t20-/m0/s1. The van der Waals surface area contributed by atoms with E-state index in [1.807, 2.05) is 38.1 Å². The Hall–Kier alpha value is -3.23. The summed E-state index contributed by atoms with van der Waals surface area (Å²) < 4.78 is 10.8. The maximum Gasteiger partial charge on any atom is 0.261 e. The van der Waals surface area contributed by atoms with Gasteiger partial charge in [0, 0.05) is 11.9 Å². The van der Waals surface area contributed by atoms with Gasteiger partial charge in [0.25, 0.3) is 5.91 Å². The molecule has 7 nitrogen and oxygen atoms in total. The number of rotatable bonds is 7. The van der Waals surface area contributed by atoms with Gasteiger partial charge in [0.05, 0.1) is 30.0 Å². The van der Waals surface area contributed by atoms with Crippen LogP contribution in [0, 0.1) is 13.8 Å². The van der Waals surface area contributed by atoms with Crippen molar-refractivity contribution in [2.75, 3.05) is 26.7 Å². The van der Waals surface area contributed by atoms with Crippen LogP contribution in [0.1, 0.15) is 45.4 Å². The molecule has 0 unspecified atom stereocenters. The number of thiophene rings is 1. The van der Waals surface area contributed by atoms with E-state index in [1.54, 1.807) is 13.4 Å². The summed E-state index contributed by atoms with van der Waals surface area (Å²) in [5, 5.41) is 4.14. The summed E-state index contributed by atoms with van der Waals surface area (Å²) in [6.07, 6.45) is 3.98. The predicted octanol–water partition coefficient (Wildman–Crippen LogP) is 5.14. The molecular formula is C26H28N4O3S.